The first-order valence-electron chi connectivity index (χ1n) is 15.7. The molecule has 0 bridgehead atoms. The zero-order valence-corrected chi connectivity index (χ0v) is 28.4. The highest BCUT2D eigenvalue weighted by Gasteiger charge is 2.36. The van der Waals surface area contributed by atoms with Crippen molar-refractivity contribution in [3.8, 4) is 23.0 Å². The van der Waals surface area contributed by atoms with Crippen LogP contribution in [0.2, 0.25) is 0 Å². The van der Waals surface area contributed by atoms with Gasteiger partial charge >= 0.3 is 0 Å². The van der Waals surface area contributed by atoms with Crippen LogP contribution in [0.4, 0.5) is 0 Å². The monoisotopic (exact) mass is 598 g/mol. The summed E-state index contributed by atoms with van der Waals surface area (Å²) in [7, 11) is 0. The number of ether oxygens (including phenoxy) is 7. The normalized spacial score (nSPS) is 16.6. The van der Waals surface area contributed by atoms with Gasteiger partial charge < -0.3 is 33.2 Å². The minimum absolute atomic E-state index is 0.358. The fourth-order valence-electron chi connectivity index (χ4n) is 4.94. The molecule has 0 aliphatic carbocycles. The van der Waals surface area contributed by atoms with E-state index in [-0.39, 0.29) is 6.29 Å². The molecule has 2 aromatic carbocycles. The number of hydrogen-bond donors (Lipinski definition) is 0. The number of allylic oxidation sites excluding steroid dienone is 1. The first kappa shape index (κ1) is 34.7. The summed E-state index contributed by atoms with van der Waals surface area (Å²) < 4.78 is 42.9. The van der Waals surface area contributed by atoms with Crippen molar-refractivity contribution in [1.82, 2.24) is 0 Å². The van der Waals surface area contributed by atoms with Crippen LogP contribution in [0.5, 0.6) is 23.0 Å². The van der Waals surface area contributed by atoms with Crippen LogP contribution >= 0.6 is 0 Å². The molecule has 7 nitrogen and oxygen atoms in total. The summed E-state index contributed by atoms with van der Waals surface area (Å²) in [5.74, 6) is 4.05. The van der Waals surface area contributed by atoms with Crippen molar-refractivity contribution < 1.29 is 33.2 Å². The van der Waals surface area contributed by atoms with Crippen molar-refractivity contribution in [3.63, 3.8) is 0 Å². The summed E-state index contributed by atoms with van der Waals surface area (Å²) >= 11 is 0. The fourth-order valence-corrected chi connectivity index (χ4v) is 4.94. The van der Waals surface area contributed by atoms with Gasteiger partial charge in [0.1, 0.15) is 28.6 Å². The Morgan fingerprint density at radius 3 is 1.53 bits per heavy atom. The largest absolute Gasteiger partial charge is 0.482 e. The Bertz CT molecular complexity index is 1210. The van der Waals surface area contributed by atoms with Gasteiger partial charge in [-0.15, -0.1) is 0 Å². The molecule has 1 heterocycles. The Kier molecular flexibility index (Phi) is 12.4. The quantitative estimate of drug-likeness (QED) is 0.179. The molecule has 240 valence electrons. The third-order valence-corrected chi connectivity index (χ3v) is 6.81. The van der Waals surface area contributed by atoms with Gasteiger partial charge in [-0.1, -0.05) is 41.5 Å². The maximum Gasteiger partial charge on any atom is 0.197 e. The lowest BCUT2D eigenvalue weighted by Gasteiger charge is -2.37. The standard InChI is InChI=1S/C36H54O7/c1-22(2)19-37-26(8)40-29-14-16-32(33(17-29)42-28(10)39-21-24(5)6)35-25(7)31-15-13-30(18-34(31)43-36(35,11)12)41-27(9)38-20-23(3)4/h13-18,22-24,26-28H,19-21H2,1-12H3. The molecule has 3 unspecified atom stereocenters. The van der Waals surface area contributed by atoms with Gasteiger partial charge in [0, 0.05) is 28.8 Å². The second kappa shape index (κ2) is 15.3. The van der Waals surface area contributed by atoms with Gasteiger partial charge in [0.15, 0.2) is 18.9 Å². The van der Waals surface area contributed by atoms with Crippen molar-refractivity contribution in [2.45, 2.75) is 108 Å². The first-order valence-corrected chi connectivity index (χ1v) is 15.7. The van der Waals surface area contributed by atoms with E-state index in [1.54, 1.807) is 0 Å². The van der Waals surface area contributed by atoms with Crippen LogP contribution in [0, 0.1) is 17.8 Å². The Balaban J connectivity index is 1.97. The van der Waals surface area contributed by atoms with E-state index in [9.17, 15) is 0 Å². The number of hydrogen-bond acceptors (Lipinski definition) is 7. The summed E-state index contributed by atoms with van der Waals surface area (Å²) in [6.07, 6.45) is -1.21. The number of rotatable bonds is 16. The average molecular weight is 599 g/mol. The molecule has 2 aromatic rings. The molecule has 1 aliphatic heterocycles. The fraction of sp³-hybridized carbons (Fsp3) is 0.611. The molecule has 0 saturated carbocycles. The lowest BCUT2D eigenvalue weighted by atomic mass is 9.82. The first-order chi connectivity index (χ1) is 20.2. The molecule has 1 aliphatic rings. The van der Waals surface area contributed by atoms with E-state index in [0.717, 1.165) is 28.0 Å². The van der Waals surface area contributed by atoms with E-state index in [1.807, 2.05) is 57.2 Å². The second-order valence-corrected chi connectivity index (χ2v) is 13.2. The summed E-state index contributed by atoms with van der Waals surface area (Å²) in [4.78, 5) is 0. The van der Waals surface area contributed by atoms with Crippen LogP contribution in [-0.2, 0) is 14.2 Å². The van der Waals surface area contributed by atoms with Gasteiger partial charge in [0.2, 0.25) is 0 Å². The molecule has 0 saturated heterocycles. The lowest BCUT2D eigenvalue weighted by molar-refractivity contribution is -0.0791. The molecular formula is C36H54O7. The predicted molar refractivity (Wildman–Crippen MR) is 173 cm³/mol. The van der Waals surface area contributed by atoms with Crippen LogP contribution in [-0.4, -0.2) is 44.3 Å². The Labute approximate surface area is 259 Å². The predicted octanol–water partition coefficient (Wildman–Crippen LogP) is 8.98. The smallest absolute Gasteiger partial charge is 0.197 e. The maximum absolute atomic E-state index is 6.65. The molecule has 3 rings (SSSR count). The van der Waals surface area contributed by atoms with Gasteiger partial charge in [-0.25, -0.2) is 0 Å². The maximum atomic E-state index is 6.65. The van der Waals surface area contributed by atoms with Gasteiger partial charge in [-0.2, -0.15) is 0 Å². The second-order valence-electron chi connectivity index (χ2n) is 13.2. The molecule has 0 amide bonds. The van der Waals surface area contributed by atoms with Crippen molar-refractivity contribution in [1.29, 1.82) is 0 Å². The topological polar surface area (TPSA) is 64.6 Å². The third kappa shape index (κ3) is 10.2. The zero-order chi connectivity index (χ0) is 31.9. The Hall–Kier alpha value is -2.74. The van der Waals surface area contributed by atoms with Crippen molar-refractivity contribution in [3.05, 3.63) is 47.5 Å². The van der Waals surface area contributed by atoms with E-state index in [4.69, 9.17) is 33.2 Å². The number of fused-ring (bicyclic) bond motifs is 1. The van der Waals surface area contributed by atoms with Crippen molar-refractivity contribution in [2.75, 3.05) is 19.8 Å². The summed E-state index contributed by atoms with van der Waals surface area (Å²) in [6.45, 7) is 26.6. The summed E-state index contributed by atoms with van der Waals surface area (Å²) in [5, 5.41) is 0. The highest BCUT2D eigenvalue weighted by atomic mass is 16.7. The molecule has 0 fully saturated rings. The van der Waals surface area contributed by atoms with Gasteiger partial charge in [-0.3, -0.25) is 0 Å². The Morgan fingerprint density at radius 1 is 0.605 bits per heavy atom. The van der Waals surface area contributed by atoms with Crippen LogP contribution < -0.4 is 18.9 Å². The Morgan fingerprint density at radius 2 is 1.05 bits per heavy atom. The van der Waals surface area contributed by atoms with Crippen molar-refractivity contribution >= 4 is 11.1 Å². The average Bonchev–Trinajstić information content (AvgIpc) is 2.90. The zero-order valence-electron chi connectivity index (χ0n) is 28.4. The third-order valence-electron chi connectivity index (χ3n) is 6.81. The molecule has 43 heavy (non-hydrogen) atoms. The SMILES string of the molecule is CC1=C(c2ccc(OC(C)OCC(C)C)cc2OC(C)OCC(C)C)C(C)(C)Oc2cc(OC(C)OCC(C)C)ccc21. The molecular weight excluding hydrogens is 544 g/mol. The van der Waals surface area contributed by atoms with Crippen LogP contribution in [0.3, 0.4) is 0 Å². The molecule has 3 atom stereocenters. The molecule has 7 heteroatoms. The molecule has 0 spiro atoms. The van der Waals surface area contributed by atoms with Crippen molar-refractivity contribution in [2.24, 2.45) is 17.8 Å². The van der Waals surface area contributed by atoms with E-state index in [1.165, 1.54) is 0 Å². The lowest BCUT2D eigenvalue weighted by Crippen LogP contribution is -2.34. The number of benzene rings is 2. The minimum Gasteiger partial charge on any atom is -0.482 e. The summed E-state index contributed by atoms with van der Waals surface area (Å²) in [5.41, 5.74) is 3.40. The van der Waals surface area contributed by atoms with Crippen LogP contribution in [0.1, 0.15) is 94.2 Å². The van der Waals surface area contributed by atoms with Gasteiger partial charge in [-0.05, 0) is 89.1 Å². The minimum atomic E-state index is -0.661. The molecule has 0 radical (unpaired) electrons. The van der Waals surface area contributed by atoms with Gasteiger partial charge in [0.25, 0.3) is 0 Å². The van der Waals surface area contributed by atoms with E-state index in [0.29, 0.717) is 54.8 Å². The highest BCUT2D eigenvalue weighted by molar-refractivity contribution is 5.98. The van der Waals surface area contributed by atoms with Crippen LogP contribution in [0.25, 0.3) is 11.1 Å². The van der Waals surface area contributed by atoms with Gasteiger partial charge in [0.05, 0.1) is 19.8 Å². The van der Waals surface area contributed by atoms with Crippen LogP contribution in [0.15, 0.2) is 36.4 Å². The van der Waals surface area contributed by atoms with E-state index >= 15 is 0 Å². The van der Waals surface area contributed by atoms with E-state index < -0.39 is 18.2 Å². The van der Waals surface area contributed by atoms with E-state index in [2.05, 4.69) is 62.3 Å². The molecule has 0 N–H and O–H groups in total. The summed E-state index contributed by atoms with van der Waals surface area (Å²) in [6, 6.07) is 11.9. The molecule has 0 aromatic heterocycles. The highest BCUT2D eigenvalue weighted by Crippen LogP contribution is 2.49.